The number of aromatic nitrogens is 1. The summed E-state index contributed by atoms with van der Waals surface area (Å²) in [6.07, 6.45) is -3.49. The van der Waals surface area contributed by atoms with Gasteiger partial charge in [0.2, 0.25) is 0 Å². The van der Waals surface area contributed by atoms with E-state index >= 15 is 0 Å². The third-order valence-electron chi connectivity index (χ3n) is 1.96. The number of carbonyl (C=O) groups is 1. The van der Waals surface area contributed by atoms with Crippen molar-refractivity contribution in [3.8, 4) is 5.75 Å². The molecule has 2 rings (SSSR count). The summed E-state index contributed by atoms with van der Waals surface area (Å²) in [5, 5.41) is 8.75. The van der Waals surface area contributed by atoms with Crippen LogP contribution >= 0.6 is 23.1 Å². The van der Waals surface area contributed by atoms with E-state index in [9.17, 15) is 18.0 Å². The molecule has 1 aromatic carbocycles. The van der Waals surface area contributed by atoms with Crippen LogP contribution in [0.1, 0.15) is 9.67 Å². The molecule has 1 heterocycles. The van der Waals surface area contributed by atoms with Gasteiger partial charge in [-0.15, -0.1) is 24.5 Å². The van der Waals surface area contributed by atoms with Gasteiger partial charge in [0, 0.05) is 4.90 Å². The molecule has 0 amide bonds. The first-order valence-electron chi connectivity index (χ1n) is 5.06. The lowest BCUT2D eigenvalue weighted by Crippen LogP contribution is -2.16. The second kappa shape index (κ2) is 5.71. The molecule has 0 unspecified atom stereocenters. The highest BCUT2D eigenvalue weighted by atomic mass is 32.2. The Labute approximate surface area is 119 Å². The predicted octanol–water partition coefficient (Wildman–Crippen LogP) is 3.89. The van der Waals surface area contributed by atoms with Crippen LogP contribution in [-0.2, 0) is 0 Å². The number of alkyl halides is 3. The molecule has 0 atom stereocenters. The molecule has 0 spiro atoms. The number of ether oxygens (including phenoxy) is 1. The molecule has 0 saturated carbocycles. The molecular formula is C11H6F3NO3S2. The first-order chi connectivity index (χ1) is 9.33. The van der Waals surface area contributed by atoms with Gasteiger partial charge in [0.05, 0.1) is 6.20 Å². The van der Waals surface area contributed by atoms with Crippen LogP contribution in [0.5, 0.6) is 5.75 Å². The van der Waals surface area contributed by atoms with Crippen LogP contribution in [0.3, 0.4) is 0 Å². The van der Waals surface area contributed by atoms with Gasteiger partial charge in [0.1, 0.15) is 10.6 Å². The molecule has 1 N–H and O–H groups in total. The fraction of sp³-hybridized carbons (Fsp3) is 0.0909. The summed E-state index contributed by atoms with van der Waals surface area (Å²) >= 11 is 2.15. The normalized spacial score (nSPS) is 11.3. The minimum atomic E-state index is -4.72. The van der Waals surface area contributed by atoms with Gasteiger partial charge in [-0.05, 0) is 24.3 Å². The fourth-order valence-electron chi connectivity index (χ4n) is 1.21. The highest BCUT2D eigenvalue weighted by Crippen LogP contribution is 2.32. The maximum Gasteiger partial charge on any atom is 0.573 e. The minimum absolute atomic E-state index is 0.101. The smallest absolute Gasteiger partial charge is 0.477 e. The first-order valence-corrected chi connectivity index (χ1v) is 6.69. The Kier molecular flexibility index (Phi) is 4.19. The lowest BCUT2D eigenvalue weighted by atomic mass is 10.3. The Morgan fingerprint density at radius 3 is 2.45 bits per heavy atom. The average molecular weight is 321 g/mol. The van der Waals surface area contributed by atoms with Crippen molar-refractivity contribution in [3.05, 3.63) is 35.3 Å². The lowest BCUT2D eigenvalue weighted by molar-refractivity contribution is -0.274. The van der Waals surface area contributed by atoms with Crippen molar-refractivity contribution in [1.29, 1.82) is 0 Å². The SMILES string of the molecule is O=C(O)c1cnc(Sc2ccc(OC(F)(F)F)cc2)s1. The van der Waals surface area contributed by atoms with E-state index < -0.39 is 12.3 Å². The predicted molar refractivity (Wildman–Crippen MR) is 66.3 cm³/mol. The van der Waals surface area contributed by atoms with Crippen molar-refractivity contribution in [2.45, 2.75) is 15.6 Å². The maximum atomic E-state index is 12.0. The van der Waals surface area contributed by atoms with Crippen LogP contribution in [0, 0.1) is 0 Å². The number of thiazole rings is 1. The van der Waals surface area contributed by atoms with Gasteiger partial charge in [-0.1, -0.05) is 11.8 Å². The zero-order chi connectivity index (χ0) is 14.8. The number of hydrogen-bond donors (Lipinski definition) is 1. The summed E-state index contributed by atoms with van der Waals surface area (Å²) in [6, 6.07) is 5.24. The van der Waals surface area contributed by atoms with Crippen molar-refractivity contribution < 1.29 is 27.8 Å². The maximum absolute atomic E-state index is 12.0. The first kappa shape index (κ1) is 14.7. The van der Waals surface area contributed by atoms with E-state index in [0.717, 1.165) is 23.1 Å². The summed E-state index contributed by atoms with van der Waals surface area (Å²) in [6.45, 7) is 0. The quantitative estimate of drug-likeness (QED) is 0.926. The molecule has 0 bridgehead atoms. The Hall–Kier alpha value is -1.74. The molecular weight excluding hydrogens is 315 g/mol. The van der Waals surface area contributed by atoms with Crippen LogP contribution < -0.4 is 4.74 Å². The van der Waals surface area contributed by atoms with Crippen LogP contribution in [0.2, 0.25) is 0 Å². The topological polar surface area (TPSA) is 59.4 Å². The summed E-state index contributed by atoms with van der Waals surface area (Å²) in [5.41, 5.74) is 0. The van der Waals surface area contributed by atoms with E-state index in [0.29, 0.717) is 9.24 Å². The van der Waals surface area contributed by atoms with Crippen molar-refractivity contribution in [3.63, 3.8) is 0 Å². The van der Waals surface area contributed by atoms with Gasteiger partial charge >= 0.3 is 12.3 Å². The average Bonchev–Trinajstić information content (AvgIpc) is 2.78. The van der Waals surface area contributed by atoms with E-state index in [1.807, 2.05) is 0 Å². The standard InChI is InChI=1S/C11H6F3NO3S2/c12-11(13,14)18-6-1-3-7(4-2-6)19-10-15-5-8(20-10)9(16)17/h1-5H,(H,16,17). The molecule has 20 heavy (non-hydrogen) atoms. The Balaban J connectivity index is 2.04. The lowest BCUT2D eigenvalue weighted by Gasteiger charge is -2.08. The molecule has 4 nitrogen and oxygen atoms in total. The second-order valence-electron chi connectivity index (χ2n) is 3.42. The van der Waals surface area contributed by atoms with Crippen molar-refractivity contribution in [2.24, 2.45) is 0 Å². The summed E-state index contributed by atoms with van der Waals surface area (Å²) in [5.74, 6) is -1.38. The minimum Gasteiger partial charge on any atom is -0.477 e. The van der Waals surface area contributed by atoms with Crippen molar-refractivity contribution in [1.82, 2.24) is 4.98 Å². The molecule has 9 heteroatoms. The number of benzene rings is 1. The van der Waals surface area contributed by atoms with E-state index in [-0.39, 0.29) is 10.6 Å². The monoisotopic (exact) mass is 321 g/mol. The van der Waals surface area contributed by atoms with Crippen molar-refractivity contribution in [2.75, 3.05) is 0 Å². The Morgan fingerprint density at radius 2 is 1.95 bits per heavy atom. The third-order valence-corrected chi connectivity index (χ3v) is 4.03. The van der Waals surface area contributed by atoms with Crippen LogP contribution in [0.25, 0.3) is 0 Å². The molecule has 2 aromatic rings. The third kappa shape index (κ3) is 4.14. The number of hydrogen-bond acceptors (Lipinski definition) is 5. The summed E-state index contributed by atoms with van der Waals surface area (Å²) < 4.78 is 40.2. The van der Waals surface area contributed by atoms with Crippen LogP contribution in [-0.4, -0.2) is 22.4 Å². The van der Waals surface area contributed by atoms with Gasteiger partial charge in [0.25, 0.3) is 0 Å². The van der Waals surface area contributed by atoms with E-state index in [4.69, 9.17) is 5.11 Å². The highest BCUT2D eigenvalue weighted by molar-refractivity contribution is 8.01. The van der Waals surface area contributed by atoms with E-state index in [1.54, 1.807) is 0 Å². The number of carboxylic acids is 1. The highest BCUT2D eigenvalue weighted by Gasteiger charge is 2.30. The Morgan fingerprint density at radius 1 is 1.30 bits per heavy atom. The van der Waals surface area contributed by atoms with Crippen molar-refractivity contribution >= 4 is 29.1 Å². The van der Waals surface area contributed by atoms with Crippen LogP contribution in [0.4, 0.5) is 13.2 Å². The van der Waals surface area contributed by atoms with E-state index in [2.05, 4.69) is 9.72 Å². The number of halogens is 3. The molecule has 0 aliphatic carbocycles. The second-order valence-corrected chi connectivity index (χ2v) is 5.77. The summed E-state index contributed by atoms with van der Waals surface area (Å²) in [4.78, 5) is 15.3. The van der Waals surface area contributed by atoms with Gasteiger partial charge < -0.3 is 9.84 Å². The zero-order valence-corrected chi connectivity index (χ0v) is 11.2. The fourth-order valence-corrected chi connectivity index (χ4v) is 3.00. The molecule has 1 aromatic heterocycles. The molecule has 0 radical (unpaired) electrons. The van der Waals surface area contributed by atoms with Gasteiger partial charge in [-0.3, -0.25) is 0 Å². The van der Waals surface area contributed by atoms with E-state index in [1.165, 1.54) is 30.5 Å². The number of carboxylic acid groups (broad SMARTS) is 1. The van der Waals surface area contributed by atoms with Gasteiger partial charge in [0.15, 0.2) is 4.34 Å². The molecule has 0 aliphatic rings. The number of aromatic carboxylic acids is 1. The summed E-state index contributed by atoms with van der Waals surface area (Å²) in [7, 11) is 0. The van der Waals surface area contributed by atoms with Gasteiger partial charge in [-0.2, -0.15) is 0 Å². The molecule has 0 saturated heterocycles. The van der Waals surface area contributed by atoms with Gasteiger partial charge in [-0.25, -0.2) is 9.78 Å². The zero-order valence-electron chi connectivity index (χ0n) is 9.55. The molecule has 106 valence electrons. The molecule has 0 aliphatic heterocycles. The number of nitrogens with zero attached hydrogens (tertiary/aromatic N) is 1. The Bertz CT molecular complexity index is 610. The largest absolute Gasteiger partial charge is 0.573 e. The van der Waals surface area contributed by atoms with Crippen LogP contribution in [0.15, 0.2) is 39.7 Å². The molecule has 0 fully saturated rings. The number of rotatable bonds is 4.